The van der Waals surface area contributed by atoms with Crippen molar-refractivity contribution in [2.24, 2.45) is 0 Å². The van der Waals surface area contributed by atoms with E-state index in [2.05, 4.69) is 0 Å². The number of hydrogen-bond donors (Lipinski definition) is 0. The molecule has 1 atom stereocenters. The van der Waals surface area contributed by atoms with Crippen LogP contribution in [0, 0.1) is 0 Å². The lowest BCUT2D eigenvalue weighted by Crippen LogP contribution is -2.07. The smallest absolute Gasteiger partial charge is 0.195 e. The van der Waals surface area contributed by atoms with E-state index in [0.29, 0.717) is 15.4 Å². The maximum atomic E-state index is 12.2. The highest BCUT2D eigenvalue weighted by atomic mass is 35.5. The molecule has 0 aliphatic rings. The quantitative estimate of drug-likeness (QED) is 0.635. The highest BCUT2D eigenvalue weighted by molar-refractivity contribution is 7.85. The Morgan fingerprint density at radius 3 is 1.95 bits per heavy atom. The van der Waals surface area contributed by atoms with E-state index in [4.69, 9.17) is 23.2 Å². The first-order chi connectivity index (χ1) is 9.09. The molecule has 0 N–H and O–H groups in total. The third-order valence-corrected chi connectivity index (χ3v) is 4.31. The summed E-state index contributed by atoms with van der Waals surface area (Å²) in [4.78, 5) is 11.8. The lowest BCUT2D eigenvalue weighted by molar-refractivity contribution is 0.101. The predicted octanol–water partition coefficient (Wildman–Crippen LogP) is 3.84. The summed E-state index contributed by atoms with van der Waals surface area (Å²) in [6.45, 7) is 0. The number of rotatable bonds is 4. The molecule has 0 aliphatic carbocycles. The number of alkyl halides is 2. The SMILES string of the molecule is O=C(c1ccc([S@](=O)c2ccccc2)cc1)C(Cl)Cl. The third-order valence-electron chi connectivity index (χ3n) is 2.51. The highest BCUT2D eigenvalue weighted by Gasteiger charge is 2.14. The molecule has 2 nitrogen and oxygen atoms in total. The molecule has 98 valence electrons. The molecule has 0 saturated carbocycles. The van der Waals surface area contributed by atoms with E-state index in [1.54, 1.807) is 36.4 Å². The number of benzene rings is 2. The molecule has 0 amide bonds. The van der Waals surface area contributed by atoms with Crippen molar-refractivity contribution in [3.8, 4) is 0 Å². The van der Waals surface area contributed by atoms with E-state index in [1.165, 1.54) is 0 Å². The fraction of sp³-hybridized carbons (Fsp3) is 0.0714. The summed E-state index contributed by atoms with van der Waals surface area (Å²) >= 11 is 11.0. The Balaban J connectivity index is 2.24. The molecule has 0 heterocycles. The van der Waals surface area contributed by atoms with Gasteiger partial charge in [-0.3, -0.25) is 4.79 Å². The molecule has 0 unspecified atom stereocenters. The van der Waals surface area contributed by atoms with Crippen molar-refractivity contribution in [2.75, 3.05) is 0 Å². The number of hydrogen-bond acceptors (Lipinski definition) is 2. The van der Waals surface area contributed by atoms with Gasteiger partial charge in [0.25, 0.3) is 0 Å². The van der Waals surface area contributed by atoms with E-state index in [-0.39, 0.29) is 5.78 Å². The monoisotopic (exact) mass is 312 g/mol. The van der Waals surface area contributed by atoms with Gasteiger partial charge in [-0.25, -0.2) is 4.21 Å². The first kappa shape index (κ1) is 14.3. The summed E-state index contributed by atoms with van der Waals surface area (Å²) in [5, 5.41) is 0. The van der Waals surface area contributed by atoms with E-state index < -0.39 is 15.6 Å². The van der Waals surface area contributed by atoms with Gasteiger partial charge < -0.3 is 0 Å². The van der Waals surface area contributed by atoms with Gasteiger partial charge in [0.2, 0.25) is 0 Å². The van der Waals surface area contributed by atoms with Gasteiger partial charge in [-0.2, -0.15) is 0 Å². The molecule has 0 aliphatic heterocycles. The number of ketones is 1. The number of carbonyl (C=O) groups is 1. The van der Waals surface area contributed by atoms with Gasteiger partial charge in [-0.15, -0.1) is 0 Å². The van der Waals surface area contributed by atoms with Crippen molar-refractivity contribution in [1.82, 2.24) is 0 Å². The second-order valence-corrected chi connectivity index (χ2v) is 6.35. The molecule has 2 aromatic carbocycles. The van der Waals surface area contributed by atoms with Crippen molar-refractivity contribution in [1.29, 1.82) is 0 Å². The lowest BCUT2D eigenvalue weighted by atomic mass is 10.1. The predicted molar refractivity (Wildman–Crippen MR) is 77.4 cm³/mol. The number of carbonyl (C=O) groups excluding carboxylic acids is 1. The summed E-state index contributed by atoms with van der Waals surface area (Å²) in [6.07, 6.45) is 0. The van der Waals surface area contributed by atoms with Crippen molar-refractivity contribution in [3.63, 3.8) is 0 Å². The van der Waals surface area contributed by atoms with E-state index in [9.17, 15) is 9.00 Å². The minimum absolute atomic E-state index is 0.361. The largest absolute Gasteiger partial charge is 0.291 e. The average Bonchev–Trinajstić information content (AvgIpc) is 2.46. The van der Waals surface area contributed by atoms with Crippen molar-refractivity contribution >= 4 is 39.8 Å². The van der Waals surface area contributed by atoms with Crippen LogP contribution in [0.15, 0.2) is 64.4 Å². The van der Waals surface area contributed by atoms with Crippen LogP contribution in [0.1, 0.15) is 10.4 Å². The standard InChI is InChI=1S/C14H10Cl2O2S/c15-14(16)13(17)10-6-8-12(9-7-10)19(18)11-4-2-1-3-5-11/h1-9,14H/t19-/m1/s1. The van der Waals surface area contributed by atoms with Crippen LogP contribution in [-0.2, 0) is 10.8 Å². The van der Waals surface area contributed by atoms with Gasteiger partial charge in [0.05, 0.1) is 10.8 Å². The zero-order valence-electron chi connectivity index (χ0n) is 9.75. The maximum absolute atomic E-state index is 12.2. The minimum atomic E-state index is -1.26. The molecule has 0 fully saturated rings. The molecule has 0 aromatic heterocycles. The topological polar surface area (TPSA) is 34.1 Å². The molecule has 19 heavy (non-hydrogen) atoms. The van der Waals surface area contributed by atoms with Crippen molar-refractivity contribution < 1.29 is 9.00 Å². The van der Waals surface area contributed by atoms with Crippen molar-refractivity contribution in [3.05, 3.63) is 60.2 Å². The summed E-state index contributed by atoms with van der Waals surface area (Å²) in [5.74, 6) is -0.361. The molecular formula is C14H10Cl2O2S. The molecule has 0 bridgehead atoms. The fourth-order valence-electron chi connectivity index (χ4n) is 1.55. The highest BCUT2D eigenvalue weighted by Crippen LogP contribution is 2.18. The van der Waals surface area contributed by atoms with Gasteiger partial charge in [0, 0.05) is 15.4 Å². The van der Waals surface area contributed by atoms with Crippen LogP contribution < -0.4 is 0 Å². The van der Waals surface area contributed by atoms with Crippen LogP contribution in [0.2, 0.25) is 0 Å². The van der Waals surface area contributed by atoms with Crippen LogP contribution in [-0.4, -0.2) is 14.8 Å². The zero-order chi connectivity index (χ0) is 13.8. The number of Topliss-reactive ketones (excluding diaryl/α,β-unsaturated/α-hetero) is 1. The van der Waals surface area contributed by atoms with Crippen LogP contribution in [0.4, 0.5) is 0 Å². The Kier molecular flexibility index (Phi) is 4.75. The molecule has 2 aromatic rings. The summed E-state index contributed by atoms with van der Waals surface area (Å²) in [5.41, 5.74) is 0.406. The molecule has 0 saturated heterocycles. The normalized spacial score (nSPS) is 12.4. The first-order valence-electron chi connectivity index (χ1n) is 5.49. The Morgan fingerprint density at radius 1 is 0.895 bits per heavy atom. The Morgan fingerprint density at radius 2 is 1.42 bits per heavy atom. The summed E-state index contributed by atoms with van der Waals surface area (Å²) in [6, 6.07) is 15.6. The Hall–Kier alpha value is -1.16. The molecular weight excluding hydrogens is 303 g/mol. The zero-order valence-corrected chi connectivity index (χ0v) is 12.1. The van der Waals surface area contributed by atoms with Gasteiger partial charge in [-0.1, -0.05) is 53.5 Å². The molecule has 2 rings (SSSR count). The van der Waals surface area contributed by atoms with Crippen LogP contribution in [0.25, 0.3) is 0 Å². The molecule has 0 spiro atoms. The fourth-order valence-corrected chi connectivity index (χ4v) is 2.86. The van der Waals surface area contributed by atoms with E-state index in [0.717, 1.165) is 0 Å². The average molecular weight is 313 g/mol. The van der Waals surface area contributed by atoms with Crippen LogP contribution >= 0.6 is 23.2 Å². The minimum Gasteiger partial charge on any atom is -0.291 e. The molecule has 5 heteroatoms. The van der Waals surface area contributed by atoms with Crippen LogP contribution in [0.5, 0.6) is 0 Å². The summed E-state index contributed by atoms with van der Waals surface area (Å²) in [7, 11) is -1.26. The lowest BCUT2D eigenvalue weighted by Gasteiger charge is -2.04. The van der Waals surface area contributed by atoms with Crippen LogP contribution in [0.3, 0.4) is 0 Å². The van der Waals surface area contributed by atoms with Gasteiger partial charge in [0.15, 0.2) is 10.6 Å². The van der Waals surface area contributed by atoms with Gasteiger partial charge >= 0.3 is 0 Å². The van der Waals surface area contributed by atoms with Gasteiger partial charge in [0.1, 0.15) is 0 Å². The van der Waals surface area contributed by atoms with E-state index in [1.807, 2.05) is 18.2 Å². The second kappa shape index (κ2) is 6.33. The van der Waals surface area contributed by atoms with E-state index >= 15 is 0 Å². The molecule has 0 radical (unpaired) electrons. The summed E-state index contributed by atoms with van der Waals surface area (Å²) < 4.78 is 12.2. The van der Waals surface area contributed by atoms with Crippen molar-refractivity contribution in [2.45, 2.75) is 14.6 Å². The third kappa shape index (κ3) is 3.44. The second-order valence-electron chi connectivity index (χ2n) is 3.77. The van der Waals surface area contributed by atoms with Gasteiger partial charge in [-0.05, 0) is 24.3 Å². The Labute approximate surface area is 123 Å². The Bertz CT molecular complexity index is 595. The number of halogens is 2. The maximum Gasteiger partial charge on any atom is 0.195 e. The first-order valence-corrected chi connectivity index (χ1v) is 7.51.